The number of carboxylic acids is 1. The van der Waals surface area contributed by atoms with Gasteiger partial charge in [0, 0.05) is 12.1 Å². The number of carbonyl (C=O) groups is 1. The predicted molar refractivity (Wildman–Crippen MR) is 85.6 cm³/mol. The normalized spacial score (nSPS) is 11.4. The van der Waals surface area contributed by atoms with Crippen LogP contribution < -0.4 is 0 Å². The Kier molecular flexibility index (Phi) is 4.14. The lowest BCUT2D eigenvalue weighted by atomic mass is 10.1. The van der Waals surface area contributed by atoms with Crippen molar-refractivity contribution in [1.82, 2.24) is 14.7 Å². The zero-order valence-corrected chi connectivity index (χ0v) is 13.2. The van der Waals surface area contributed by atoms with Gasteiger partial charge in [0.2, 0.25) is 0 Å². The summed E-state index contributed by atoms with van der Waals surface area (Å²) in [4.78, 5) is 15.8. The van der Waals surface area contributed by atoms with Crippen LogP contribution in [-0.4, -0.2) is 25.8 Å². The van der Waals surface area contributed by atoms with Gasteiger partial charge in [0.05, 0.1) is 29.2 Å². The number of rotatable bonds is 6. The van der Waals surface area contributed by atoms with E-state index >= 15 is 0 Å². The van der Waals surface area contributed by atoms with E-state index in [9.17, 15) is 9.90 Å². The van der Waals surface area contributed by atoms with E-state index in [4.69, 9.17) is 4.52 Å². The smallest absolute Gasteiger partial charge is 0.335 e. The van der Waals surface area contributed by atoms with Gasteiger partial charge in [-0.3, -0.25) is 0 Å². The zero-order chi connectivity index (χ0) is 16.4. The van der Waals surface area contributed by atoms with Crippen molar-refractivity contribution in [2.45, 2.75) is 39.2 Å². The van der Waals surface area contributed by atoms with Crippen molar-refractivity contribution < 1.29 is 14.4 Å². The highest BCUT2D eigenvalue weighted by Gasteiger charge is 2.19. The van der Waals surface area contributed by atoms with Crippen LogP contribution in [0.2, 0.25) is 0 Å². The average Bonchev–Trinajstić information content (AvgIpc) is 3.16. The Morgan fingerprint density at radius 2 is 2.09 bits per heavy atom. The van der Waals surface area contributed by atoms with Crippen molar-refractivity contribution in [2.75, 3.05) is 0 Å². The molecule has 0 aliphatic rings. The second-order valence-corrected chi connectivity index (χ2v) is 5.53. The molecule has 3 rings (SSSR count). The predicted octanol–water partition coefficient (Wildman–Crippen LogP) is 3.67. The fourth-order valence-electron chi connectivity index (χ4n) is 2.96. The maximum atomic E-state index is 11.2. The molecule has 0 aliphatic carbocycles. The van der Waals surface area contributed by atoms with Crippen LogP contribution in [0, 0.1) is 0 Å². The Morgan fingerprint density at radius 3 is 2.70 bits per heavy atom. The third-order valence-corrected chi connectivity index (χ3v) is 4.14. The van der Waals surface area contributed by atoms with Crippen LogP contribution in [0.1, 0.15) is 54.7 Å². The molecule has 2 heterocycles. The summed E-state index contributed by atoms with van der Waals surface area (Å²) in [6.07, 6.45) is 4.10. The topological polar surface area (TPSA) is 81.2 Å². The fourth-order valence-corrected chi connectivity index (χ4v) is 2.96. The van der Waals surface area contributed by atoms with E-state index in [1.54, 1.807) is 18.3 Å². The van der Waals surface area contributed by atoms with Gasteiger partial charge in [0.15, 0.2) is 0 Å². The van der Waals surface area contributed by atoms with Gasteiger partial charge >= 0.3 is 5.97 Å². The number of fused-ring (bicyclic) bond motifs is 1. The first-order valence-corrected chi connectivity index (χ1v) is 7.77. The van der Waals surface area contributed by atoms with Crippen LogP contribution in [0.4, 0.5) is 0 Å². The third-order valence-electron chi connectivity index (χ3n) is 4.14. The van der Waals surface area contributed by atoms with Gasteiger partial charge in [0.25, 0.3) is 0 Å². The van der Waals surface area contributed by atoms with Gasteiger partial charge in [-0.1, -0.05) is 19.0 Å². The molecule has 6 heteroatoms. The second kappa shape index (κ2) is 6.24. The van der Waals surface area contributed by atoms with Gasteiger partial charge < -0.3 is 14.2 Å². The molecule has 0 saturated carbocycles. The molecule has 6 nitrogen and oxygen atoms in total. The number of nitrogens with zero attached hydrogens (tertiary/aromatic N) is 3. The molecule has 0 amide bonds. The molecule has 0 aliphatic heterocycles. The summed E-state index contributed by atoms with van der Waals surface area (Å²) in [6, 6.07) is 7.23. The fraction of sp³-hybridized carbons (Fsp3) is 0.353. The number of hydrogen-bond acceptors (Lipinski definition) is 4. The molecule has 0 atom stereocenters. The SMILES string of the molecule is CCC(CC)n1c(Cc2ccno2)nc2cc(C(=O)O)ccc21. The molecule has 2 aromatic heterocycles. The average molecular weight is 313 g/mol. The van der Waals surface area contributed by atoms with Crippen LogP contribution in [-0.2, 0) is 6.42 Å². The maximum Gasteiger partial charge on any atom is 0.335 e. The van der Waals surface area contributed by atoms with Gasteiger partial charge in [-0.15, -0.1) is 0 Å². The monoisotopic (exact) mass is 313 g/mol. The van der Waals surface area contributed by atoms with E-state index < -0.39 is 5.97 Å². The highest BCUT2D eigenvalue weighted by atomic mass is 16.5. The number of aromatic carboxylic acids is 1. The first-order chi connectivity index (χ1) is 11.1. The summed E-state index contributed by atoms with van der Waals surface area (Å²) >= 11 is 0. The van der Waals surface area contributed by atoms with Crippen LogP contribution in [0.15, 0.2) is 35.0 Å². The van der Waals surface area contributed by atoms with Crippen molar-refractivity contribution in [3.05, 3.63) is 47.6 Å². The van der Waals surface area contributed by atoms with Crippen molar-refractivity contribution in [1.29, 1.82) is 0 Å². The molecular formula is C17H19N3O3. The minimum absolute atomic E-state index is 0.248. The second-order valence-electron chi connectivity index (χ2n) is 5.53. The Balaban J connectivity index is 2.15. The number of imidazole rings is 1. The van der Waals surface area contributed by atoms with E-state index in [0.29, 0.717) is 18.0 Å². The van der Waals surface area contributed by atoms with E-state index in [0.717, 1.165) is 29.9 Å². The molecule has 1 aromatic carbocycles. The lowest BCUT2D eigenvalue weighted by molar-refractivity contribution is 0.0697. The van der Waals surface area contributed by atoms with Crippen molar-refractivity contribution in [2.24, 2.45) is 0 Å². The summed E-state index contributed by atoms with van der Waals surface area (Å²) in [7, 11) is 0. The van der Waals surface area contributed by atoms with Crippen LogP contribution in [0.3, 0.4) is 0 Å². The van der Waals surface area contributed by atoms with Crippen molar-refractivity contribution >= 4 is 17.0 Å². The Labute approximate surface area is 133 Å². The lowest BCUT2D eigenvalue weighted by Crippen LogP contribution is -2.11. The van der Waals surface area contributed by atoms with Crippen molar-refractivity contribution in [3.8, 4) is 0 Å². The summed E-state index contributed by atoms with van der Waals surface area (Å²) in [5, 5.41) is 12.9. The Morgan fingerprint density at radius 1 is 1.30 bits per heavy atom. The largest absolute Gasteiger partial charge is 0.478 e. The number of aromatic nitrogens is 3. The van der Waals surface area contributed by atoms with Gasteiger partial charge in [-0.25, -0.2) is 9.78 Å². The Hall–Kier alpha value is -2.63. The minimum atomic E-state index is -0.944. The highest BCUT2D eigenvalue weighted by Crippen LogP contribution is 2.27. The Bertz CT molecular complexity index is 817. The summed E-state index contributed by atoms with van der Waals surface area (Å²) in [5.41, 5.74) is 1.91. The molecule has 0 spiro atoms. The maximum absolute atomic E-state index is 11.2. The van der Waals surface area contributed by atoms with Crippen LogP contribution in [0.25, 0.3) is 11.0 Å². The first-order valence-electron chi connectivity index (χ1n) is 7.77. The summed E-state index contributed by atoms with van der Waals surface area (Å²) in [5.74, 6) is 0.666. The quantitative estimate of drug-likeness (QED) is 0.751. The standard InChI is InChI=1S/C17H19N3O3/c1-3-12(4-2)20-15-6-5-11(17(21)22)9-14(15)19-16(20)10-13-7-8-18-23-13/h5-9,12H,3-4,10H2,1-2H3,(H,21,22). The van der Waals surface area contributed by atoms with Gasteiger partial charge in [0.1, 0.15) is 11.6 Å². The number of hydrogen-bond donors (Lipinski definition) is 1. The first kappa shape index (κ1) is 15.3. The molecule has 120 valence electrons. The molecule has 1 N–H and O–H groups in total. The molecule has 23 heavy (non-hydrogen) atoms. The van der Waals surface area contributed by atoms with Crippen LogP contribution >= 0.6 is 0 Å². The van der Waals surface area contributed by atoms with Crippen molar-refractivity contribution in [3.63, 3.8) is 0 Å². The van der Waals surface area contributed by atoms with E-state index in [1.807, 2.05) is 12.1 Å². The summed E-state index contributed by atoms with van der Waals surface area (Å²) in [6.45, 7) is 4.29. The molecule has 0 radical (unpaired) electrons. The number of carboxylic acid groups (broad SMARTS) is 1. The molecule has 3 aromatic rings. The number of benzene rings is 1. The van der Waals surface area contributed by atoms with E-state index in [1.165, 1.54) is 0 Å². The zero-order valence-electron chi connectivity index (χ0n) is 13.2. The molecular weight excluding hydrogens is 294 g/mol. The molecule has 0 saturated heterocycles. The van der Waals surface area contributed by atoms with Gasteiger partial charge in [-0.05, 0) is 31.0 Å². The van der Waals surface area contributed by atoms with E-state index in [2.05, 4.69) is 28.6 Å². The van der Waals surface area contributed by atoms with Crippen LogP contribution in [0.5, 0.6) is 0 Å². The minimum Gasteiger partial charge on any atom is -0.478 e. The van der Waals surface area contributed by atoms with Gasteiger partial charge in [-0.2, -0.15) is 0 Å². The van der Waals surface area contributed by atoms with E-state index in [-0.39, 0.29) is 5.56 Å². The molecule has 0 bridgehead atoms. The highest BCUT2D eigenvalue weighted by molar-refractivity contribution is 5.92. The molecule has 0 unspecified atom stereocenters. The summed E-state index contributed by atoms with van der Waals surface area (Å²) < 4.78 is 7.40. The lowest BCUT2D eigenvalue weighted by Gasteiger charge is -2.18. The third kappa shape index (κ3) is 2.84. The molecule has 0 fully saturated rings.